The number of anilines is 2. The Morgan fingerprint density at radius 1 is 1.25 bits per heavy atom. The first-order valence-corrected chi connectivity index (χ1v) is 7.74. The van der Waals surface area contributed by atoms with Crippen molar-refractivity contribution in [3.05, 3.63) is 47.3 Å². The molecule has 0 saturated carbocycles. The Balaban J connectivity index is 2.21. The van der Waals surface area contributed by atoms with Gasteiger partial charge in [-0.1, -0.05) is 13.3 Å². The summed E-state index contributed by atoms with van der Waals surface area (Å²) >= 11 is 0. The van der Waals surface area contributed by atoms with Crippen molar-refractivity contribution < 1.29 is 13.6 Å². The Bertz CT molecular complexity index is 737. The van der Waals surface area contributed by atoms with E-state index < -0.39 is 17.5 Å². The van der Waals surface area contributed by atoms with Crippen molar-refractivity contribution in [1.29, 1.82) is 0 Å². The second-order valence-corrected chi connectivity index (χ2v) is 5.55. The van der Waals surface area contributed by atoms with Crippen LogP contribution in [0.25, 0.3) is 0 Å². The molecule has 1 amide bonds. The maximum absolute atomic E-state index is 13.7. The fourth-order valence-corrected chi connectivity index (χ4v) is 2.11. The smallest absolute Gasteiger partial charge is 0.274 e. The van der Waals surface area contributed by atoms with Gasteiger partial charge in [0.2, 0.25) is 5.95 Å². The lowest BCUT2D eigenvalue weighted by Gasteiger charge is -2.17. The highest BCUT2D eigenvalue weighted by Gasteiger charge is 2.15. The number of halogens is 2. The highest BCUT2D eigenvalue weighted by molar-refractivity contribution is 6.03. The number of benzene rings is 1. The highest BCUT2D eigenvalue weighted by atomic mass is 19.1. The molecule has 1 aromatic carbocycles. The molecule has 0 saturated heterocycles. The van der Waals surface area contributed by atoms with Crippen molar-refractivity contribution in [1.82, 2.24) is 9.97 Å². The van der Waals surface area contributed by atoms with E-state index in [2.05, 4.69) is 22.2 Å². The van der Waals surface area contributed by atoms with Gasteiger partial charge in [0.1, 0.15) is 17.3 Å². The third-order valence-electron chi connectivity index (χ3n) is 3.44. The standard InChI is InChI=1S/C17H20F2N4O/c1-4-5-8-23(3)17-20-11(2)9-15(22-17)16(24)21-14-7-6-12(18)10-13(14)19/h6-7,9-10H,4-5,8H2,1-3H3,(H,21,24). The van der Waals surface area contributed by atoms with Crippen LogP contribution >= 0.6 is 0 Å². The van der Waals surface area contributed by atoms with Crippen molar-refractivity contribution >= 4 is 17.5 Å². The number of hydrogen-bond acceptors (Lipinski definition) is 4. The molecule has 1 N–H and O–H groups in total. The Labute approximate surface area is 139 Å². The van der Waals surface area contributed by atoms with Crippen LogP contribution in [0.3, 0.4) is 0 Å². The molecule has 0 atom stereocenters. The molecule has 7 heteroatoms. The minimum absolute atomic E-state index is 0.0986. The van der Waals surface area contributed by atoms with Crippen LogP contribution in [0.2, 0.25) is 0 Å². The number of aryl methyl sites for hydroxylation is 1. The molecule has 1 heterocycles. The zero-order valence-corrected chi connectivity index (χ0v) is 13.9. The van der Waals surface area contributed by atoms with Gasteiger partial charge in [0, 0.05) is 25.4 Å². The molecule has 0 fully saturated rings. The summed E-state index contributed by atoms with van der Waals surface area (Å²) < 4.78 is 26.6. The number of carbonyl (C=O) groups is 1. The second kappa shape index (κ2) is 7.81. The molecule has 2 rings (SSSR count). The van der Waals surface area contributed by atoms with Crippen molar-refractivity contribution in [3.63, 3.8) is 0 Å². The van der Waals surface area contributed by atoms with E-state index in [1.54, 1.807) is 6.92 Å². The Morgan fingerprint density at radius 2 is 2.00 bits per heavy atom. The third-order valence-corrected chi connectivity index (χ3v) is 3.44. The monoisotopic (exact) mass is 334 g/mol. The van der Waals surface area contributed by atoms with Crippen LogP contribution in [0.4, 0.5) is 20.4 Å². The molecule has 128 valence electrons. The first-order valence-electron chi connectivity index (χ1n) is 7.74. The highest BCUT2D eigenvalue weighted by Crippen LogP contribution is 2.17. The predicted molar refractivity (Wildman–Crippen MR) is 89.3 cm³/mol. The van der Waals surface area contributed by atoms with Crippen LogP contribution in [0.15, 0.2) is 24.3 Å². The van der Waals surface area contributed by atoms with E-state index in [0.717, 1.165) is 25.5 Å². The molecule has 24 heavy (non-hydrogen) atoms. The van der Waals surface area contributed by atoms with Crippen LogP contribution in [0.1, 0.15) is 35.9 Å². The average molecular weight is 334 g/mol. The van der Waals surface area contributed by atoms with Crippen LogP contribution in [0.5, 0.6) is 0 Å². The first-order chi connectivity index (χ1) is 11.4. The van der Waals surface area contributed by atoms with E-state index in [4.69, 9.17) is 0 Å². The van der Waals surface area contributed by atoms with E-state index in [-0.39, 0.29) is 11.4 Å². The van der Waals surface area contributed by atoms with Gasteiger partial charge in [-0.25, -0.2) is 18.7 Å². The van der Waals surface area contributed by atoms with Crippen molar-refractivity contribution in [2.45, 2.75) is 26.7 Å². The molecule has 0 spiro atoms. The number of nitrogens with one attached hydrogen (secondary N) is 1. The molecule has 0 unspecified atom stereocenters. The molecular formula is C17H20F2N4O. The van der Waals surface area contributed by atoms with E-state index >= 15 is 0 Å². The fourth-order valence-electron chi connectivity index (χ4n) is 2.11. The quantitative estimate of drug-likeness (QED) is 0.878. The molecule has 0 aliphatic carbocycles. The summed E-state index contributed by atoms with van der Waals surface area (Å²) in [6, 6.07) is 4.48. The van der Waals surface area contributed by atoms with Gasteiger partial charge in [-0.15, -0.1) is 0 Å². The van der Waals surface area contributed by atoms with Gasteiger partial charge in [-0.2, -0.15) is 0 Å². The number of unbranched alkanes of at least 4 members (excludes halogenated alkanes) is 1. The second-order valence-electron chi connectivity index (χ2n) is 5.55. The lowest BCUT2D eigenvalue weighted by molar-refractivity contribution is 0.102. The zero-order chi connectivity index (χ0) is 17.7. The van der Waals surface area contributed by atoms with E-state index in [9.17, 15) is 13.6 Å². The van der Waals surface area contributed by atoms with Crippen LogP contribution in [0, 0.1) is 18.6 Å². The maximum atomic E-state index is 13.7. The summed E-state index contributed by atoms with van der Waals surface area (Å²) in [6.07, 6.45) is 2.02. The minimum Gasteiger partial charge on any atom is -0.344 e. The molecule has 5 nitrogen and oxygen atoms in total. The van der Waals surface area contributed by atoms with Gasteiger partial charge in [0.05, 0.1) is 5.69 Å². The number of aromatic nitrogens is 2. The Kier molecular flexibility index (Phi) is 5.78. The van der Waals surface area contributed by atoms with E-state index in [1.165, 1.54) is 12.1 Å². The summed E-state index contributed by atoms with van der Waals surface area (Å²) in [5, 5.41) is 2.40. The first kappa shape index (κ1) is 17.8. The summed E-state index contributed by atoms with van der Waals surface area (Å²) in [7, 11) is 1.85. The van der Waals surface area contributed by atoms with Gasteiger partial charge in [0.25, 0.3) is 5.91 Å². The minimum atomic E-state index is -0.839. The van der Waals surface area contributed by atoms with Gasteiger partial charge < -0.3 is 10.2 Å². The van der Waals surface area contributed by atoms with Gasteiger partial charge >= 0.3 is 0 Å². The van der Waals surface area contributed by atoms with Crippen LogP contribution in [-0.4, -0.2) is 29.5 Å². The van der Waals surface area contributed by atoms with Crippen LogP contribution < -0.4 is 10.2 Å². The van der Waals surface area contributed by atoms with Crippen molar-refractivity contribution in [2.75, 3.05) is 23.8 Å². The number of amides is 1. The van der Waals surface area contributed by atoms with E-state index in [0.29, 0.717) is 17.7 Å². The molecule has 0 aliphatic rings. The van der Waals surface area contributed by atoms with Crippen molar-refractivity contribution in [2.24, 2.45) is 0 Å². The largest absolute Gasteiger partial charge is 0.344 e. The summed E-state index contributed by atoms with van der Waals surface area (Å²) in [5.74, 6) is -1.68. The number of hydrogen-bond donors (Lipinski definition) is 1. The molecule has 0 bridgehead atoms. The van der Waals surface area contributed by atoms with Gasteiger partial charge in [-0.05, 0) is 31.5 Å². The molecule has 0 aliphatic heterocycles. The van der Waals surface area contributed by atoms with E-state index in [1.807, 2.05) is 11.9 Å². The fraction of sp³-hybridized carbons (Fsp3) is 0.353. The lowest BCUT2D eigenvalue weighted by Crippen LogP contribution is -2.23. The number of nitrogens with zero attached hydrogens (tertiary/aromatic N) is 3. The maximum Gasteiger partial charge on any atom is 0.274 e. The van der Waals surface area contributed by atoms with Gasteiger partial charge in [-0.3, -0.25) is 4.79 Å². The predicted octanol–water partition coefficient (Wildman–Crippen LogP) is 3.55. The molecule has 1 aromatic heterocycles. The molecule has 2 aromatic rings. The lowest BCUT2D eigenvalue weighted by atomic mass is 10.2. The zero-order valence-electron chi connectivity index (χ0n) is 13.9. The SMILES string of the molecule is CCCCN(C)c1nc(C)cc(C(=O)Nc2ccc(F)cc2F)n1. The van der Waals surface area contributed by atoms with Crippen molar-refractivity contribution in [3.8, 4) is 0 Å². The molecule has 0 radical (unpaired) electrons. The van der Waals surface area contributed by atoms with Crippen LogP contribution in [-0.2, 0) is 0 Å². The summed E-state index contributed by atoms with van der Waals surface area (Å²) in [5.41, 5.74) is 0.663. The third kappa shape index (κ3) is 4.47. The average Bonchev–Trinajstić information content (AvgIpc) is 2.54. The summed E-state index contributed by atoms with van der Waals surface area (Å²) in [6.45, 7) is 4.61. The Hall–Kier alpha value is -2.57. The van der Waals surface area contributed by atoms with Gasteiger partial charge in [0.15, 0.2) is 0 Å². The summed E-state index contributed by atoms with van der Waals surface area (Å²) in [4.78, 5) is 22.7. The molecular weight excluding hydrogens is 314 g/mol. The number of carbonyl (C=O) groups excluding carboxylic acids is 1. The normalized spacial score (nSPS) is 10.5. The number of rotatable bonds is 6. The Morgan fingerprint density at radius 3 is 2.67 bits per heavy atom. The topological polar surface area (TPSA) is 58.1 Å².